The minimum atomic E-state index is -0.307. The minimum Gasteiger partial charge on any atom is -0.485 e. The molecule has 0 unspecified atom stereocenters. The third-order valence-corrected chi connectivity index (χ3v) is 4.48. The van der Waals surface area contributed by atoms with Crippen molar-refractivity contribution in [1.29, 1.82) is 0 Å². The first-order valence-electron chi connectivity index (χ1n) is 9.10. The fourth-order valence-electron chi connectivity index (χ4n) is 3.14. The third kappa shape index (κ3) is 5.44. The van der Waals surface area contributed by atoms with E-state index in [1.807, 2.05) is 0 Å². The van der Waals surface area contributed by atoms with Gasteiger partial charge in [-0.25, -0.2) is 14.2 Å². The molecule has 0 saturated heterocycles. The fourth-order valence-corrected chi connectivity index (χ4v) is 3.14. The summed E-state index contributed by atoms with van der Waals surface area (Å²) in [7, 11) is 0. The summed E-state index contributed by atoms with van der Waals surface area (Å²) < 4.78 is 19.0. The van der Waals surface area contributed by atoms with Gasteiger partial charge in [0.1, 0.15) is 12.4 Å². The molecule has 26 heavy (non-hydrogen) atoms. The van der Waals surface area contributed by atoms with Crippen LogP contribution in [0, 0.1) is 5.82 Å². The van der Waals surface area contributed by atoms with Gasteiger partial charge in [0.25, 0.3) is 0 Å². The van der Waals surface area contributed by atoms with E-state index in [-0.39, 0.29) is 24.5 Å². The number of hydrogen-bond acceptors (Lipinski definition) is 3. The van der Waals surface area contributed by atoms with Gasteiger partial charge in [-0.3, -0.25) is 5.32 Å². The molecule has 2 amide bonds. The SMILES string of the molecule is O=C(Nc1ncccc1OCc1cccc(F)c1)NC1CCCCCC1. The van der Waals surface area contributed by atoms with Gasteiger partial charge in [-0.05, 0) is 42.7 Å². The molecule has 0 bridgehead atoms. The van der Waals surface area contributed by atoms with Crippen LogP contribution in [0.15, 0.2) is 42.6 Å². The lowest BCUT2D eigenvalue weighted by Crippen LogP contribution is -2.37. The van der Waals surface area contributed by atoms with Gasteiger partial charge in [0.2, 0.25) is 0 Å². The van der Waals surface area contributed by atoms with Gasteiger partial charge in [-0.15, -0.1) is 0 Å². The topological polar surface area (TPSA) is 63.2 Å². The van der Waals surface area contributed by atoms with Crippen LogP contribution < -0.4 is 15.4 Å². The number of anilines is 1. The van der Waals surface area contributed by atoms with Crippen molar-refractivity contribution in [2.75, 3.05) is 5.32 Å². The summed E-state index contributed by atoms with van der Waals surface area (Å²) in [4.78, 5) is 16.5. The molecule has 6 heteroatoms. The van der Waals surface area contributed by atoms with E-state index in [1.54, 1.807) is 30.5 Å². The Kier molecular flexibility index (Phi) is 6.41. The van der Waals surface area contributed by atoms with Crippen LogP contribution >= 0.6 is 0 Å². The molecule has 0 aliphatic heterocycles. The molecule has 0 spiro atoms. The van der Waals surface area contributed by atoms with Crippen molar-refractivity contribution >= 4 is 11.8 Å². The van der Waals surface area contributed by atoms with Gasteiger partial charge >= 0.3 is 6.03 Å². The highest BCUT2D eigenvalue weighted by molar-refractivity contribution is 5.89. The number of benzene rings is 1. The quantitative estimate of drug-likeness (QED) is 0.766. The molecular weight excluding hydrogens is 333 g/mol. The average Bonchev–Trinajstić information content (AvgIpc) is 2.89. The van der Waals surface area contributed by atoms with Crippen molar-refractivity contribution in [3.8, 4) is 5.75 Å². The highest BCUT2D eigenvalue weighted by atomic mass is 19.1. The number of halogens is 1. The number of carbonyl (C=O) groups excluding carboxylic acids is 1. The second-order valence-corrected chi connectivity index (χ2v) is 6.56. The summed E-state index contributed by atoms with van der Waals surface area (Å²) in [5.41, 5.74) is 0.711. The first-order chi connectivity index (χ1) is 12.7. The van der Waals surface area contributed by atoms with Crippen LogP contribution in [0.1, 0.15) is 44.1 Å². The number of carbonyl (C=O) groups is 1. The lowest BCUT2D eigenvalue weighted by molar-refractivity contribution is 0.246. The Morgan fingerprint density at radius 3 is 2.73 bits per heavy atom. The summed E-state index contributed by atoms with van der Waals surface area (Å²) in [6.07, 6.45) is 8.39. The lowest BCUT2D eigenvalue weighted by atomic mass is 10.1. The number of aromatic nitrogens is 1. The molecule has 5 nitrogen and oxygen atoms in total. The Hall–Kier alpha value is -2.63. The van der Waals surface area contributed by atoms with Gasteiger partial charge in [-0.2, -0.15) is 0 Å². The van der Waals surface area contributed by atoms with Crippen molar-refractivity contribution < 1.29 is 13.9 Å². The van der Waals surface area contributed by atoms with Crippen molar-refractivity contribution in [3.63, 3.8) is 0 Å². The number of urea groups is 1. The smallest absolute Gasteiger partial charge is 0.320 e. The molecule has 1 aromatic carbocycles. The van der Waals surface area contributed by atoms with Crippen LogP contribution in [0.3, 0.4) is 0 Å². The number of amides is 2. The zero-order valence-corrected chi connectivity index (χ0v) is 14.7. The van der Waals surface area contributed by atoms with E-state index in [4.69, 9.17) is 4.74 Å². The van der Waals surface area contributed by atoms with Gasteiger partial charge in [0, 0.05) is 12.2 Å². The van der Waals surface area contributed by atoms with E-state index in [1.165, 1.54) is 25.0 Å². The van der Waals surface area contributed by atoms with E-state index >= 15 is 0 Å². The molecule has 1 heterocycles. The molecule has 2 N–H and O–H groups in total. The maximum atomic E-state index is 13.3. The van der Waals surface area contributed by atoms with E-state index in [0.717, 1.165) is 25.7 Å². The first-order valence-corrected chi connectivity index (χ1v) is 9.10. The lowest BCUT2D eigenvalue weighted by Gasteiger charge is -2.17. The zero-order valence-electron chi connectivity index (χ0n) is 14.7. The summed E-state index contributed by atoms with van der Waals surface area (Å²) in [5, 5.41) is 5.79. The summed E-state index contributed by atoms with van der Waals surface area (Å²) in [5.74, 6) is 0.501. The molecule has 1 saturated carbocycles. The molecule has 0 radical (unpaired) electrons. The van der Waals surface area contributed by atoms with Gasteiger partial charge in [0.05, 0.1) is 0 Å². The van der Waals surface area contributed by atoms with Gasteiger partial charge in [0.15, 0.2) is 11.6 Å². The number of nitrogens with zero attached hydrogens (tertiary/aromatic N) is 1. The second kappa shape index (κ2) is 9.17. The van der Waals surface area contributed by atoms with Crippen molar-refractivity contribution in [2.45, 2.75) is 51.2 Å². The normalized spacial score (nSPS) is 15.1. The second-order valence-electron chi connectivity index (χ2n) is 6.56. The van der Waals surface area contributed by atoms with Gasteiger partial charge in [-0.1, -0.05) is 37.8 Å². The minimum absolute atomic E-state index is 0.197. The highest BCUT2D eigenvalue weighted by Crippen LogP contribution is 2.23. The van der Waals surface area contributed by atoms with Crippen LogP contribution in [0.25, 0.3) is 0 Å². The van der Waals surface area contributed by atoms with Crippen LogP contribution in [0.5, 0.6) is 5.75 Å². The number of nitrogens with one attached hydrogen (secondary N) is 2. The van der Waals surface area contributed by atoms with Crippen LogP contribution in [-0.4, -0.2) is 17.1 Å². The zero-order chi connectivity index (χ0) is 18.2. The molecule has 1 aliphatic rings. The van der Waals surface area contributed by atoms with Crippen LogP contribution in [0.4, 0.5) is 15.0 Å². The highest BCUT2D eigenvalue weighted by Gasteiger charge is 2.16. The number of pyridine rings is 1. The molecule has 0 atom stereocenters. The maximum Gasteiger partial charge on any atom is 0.320 e. The summed E-state index contributed by atoms with van der Waals surface area (Å²) in [6.45, 7) is 0.197. The van der Waals surface area contributed by atoms with E-state index in [9.17, 15) is 9.18 Å². The maximum absolute atomic E-state index is 13.3. The van der Waals surface area contributed by atoms with Gasteiger partial charge < -0.3 is 10.1 Å². The predicted molar refractivity (Wildman–Crippen MR) is 98.6 cm³/mol. The Morgan fingerprint density at radius 2 is 1.96 bits per heavy atom. The monoisotopic (exact) mass is 357 g/mol. The average molecular weight is 357 g/mol. The molecule has 3 rings (SSSR count). The molecule has 1 aliphatic carbocycles. The molecule has 138 valence electrons. The van der Waals surface area contributed by atoms with E-state index in [2.05, 4.69) is 15.6 Å². The number of rotatable bonds is 5. The standard InChI is InChI=1S/C20H24FN3O2/c21-16-8-5-7-15(13-16)14-26-18-11-6-12-22-19(18)24-20(25)23-17-9-3-1-2-4-10-17/h5-8,11-13,17H,1-4,9-10,14H2,(H2,22,23,24,25). The number of ether oxygens (including phenoxy) is 1. The Bertz CT molecular complexity index is 731. The third-order valence-electron chi connectivity index (χ3n) is 4.48. The van der Waals surface area contributed by atoms with Crippen molar-refractivity contribution in [3.05, 3.63) is 54.0 Å². The van der Waals surface area contributed by atoms with Crippen molar-refractivity contribution in [2.24, 2.45) is 0 Å². The van der Waals surface area contributed by atoms with E-state index < -0.39 is 0 Å². The molecular formula is C20H24FN3O2. The Balaban J connectivity index is 1.58. The van der Waals surface area contributed by atoms with Crippen LogP contribution in [-0.2, 0) is 6.61 Å². The van der Waals surface area contributed by atoms with E-state index in [0.29, 0.717) is 17.1 Å². The molecule has 1 fully saturated rings. The van der Waals surface area contributed by atoms with Crippen LogP contribution in [0.2, 0.25) is 0 Å². The molecule has 1 aromatic heterocycles. The largest absolute Gasteiger partial charge is 0.485 e. The summed E-state index contributed by atoms with van der Waals surface area (Å²) >= 11 is 0. The Morgan fingerprint density at radius 1 is 1.15 bits per heavy atom. The Labute approximate surface area is 153 Å². The summed E-state index contributed by atoms with van der Waals surface area (Å²) in [6, 6.07) is 9.62. The number of hydrogen-bond donors (Lipinski definition) is 2. The van der Waals surface area contributed by atoms with Crippen molar-refractivity contribution in [1.82, 2.24) is 10.3 Å². The first kappa shape index (κ1) is 18.2. The fraction of sp³-hybridized carbons (Fsp3) is 0.400. The predicted octanol–water partition coefficient (Wildman–Crippen LogP) is 4.64. The molecule has 2 aromatic rings.